The van der Waals surface area contributed by atoms with Gasteiger partial charge in [-0.2, -0.15) is 0 Å². The highest BCUT2D eigenvalue weighted by Crippen LogP contribution is 2.24. The number of aromatic nitrogens is 1. The number of rotatable bonds is 3. The van der Waals surface area contributed by atoms with Crippen molar-refractivity contribution in [1.82, 2.24) is 4.98 Å². The second-order valence-electron chi connectivity index (χ2n) is 4.41. The van der Waals surface area contributed by atoms with Crippen molar-refractivity contribution < 1.29 is 9.90 Å². The summed E-state index contributed by atoms with van der Waals surface area (Å²) < 4.78 is 0. The second kappa shape index (κ2) is 4.97. The summed E-state index contributed by atoms with van der Waals surface area (Å²) in [6.45, 7) is 4.00. The summed E-state index contributed by atoms with van der Waals surface area (Å²) in [5, 5.41) is 12.0. The topological polar surface area (TPSA) is 88.2 Å². The lowest BCUT2D eigenvalue weighted by Crippen LogP contribution is -2.04. The van der Waals surface area contributed by atoms with Crippen molar-refractivity contribution in [3.63, 3.8) is 0 Å². The number of nitrogens with one attached hydrogen (secondary N) is 1. The number of pyridine rings is 1. The van der Waals surface area contributed by atoms with Crippen molar-refractivity contribution in [2.24, 2.45) is 0 Å². The number of hydrogen-bond donors (Lipinski definition) is 3. The van der Waals surface area contributed by atoms with E-state index in [1.807, 2.05) is 32.0 Å². The van der Waals surface area contributed by atoms with E-state index < -0.39 is 5.97 Å². The van der Waals surface area contributed by atoms with Crippen LogP contribution in [-0.4, -0.2) is 16.1 Å². The van der Waals surface area contributed by atoms with E-state index in [0.717, 1.165) is 11.3 Å². The molecule has 0 aliphatic heterocycles. The number of carbonyl (C=O) groups is 1. The van der Waals surface area contributed by atoms with Gasteiger partial charge in [0.1, 0.15) is 0 Å². The summed E-state index contributed by atoms with van der Waals surface area (Å²) >= 11 is 0. The number of nitrogens with zero attached hydrogens (tertiary/aromatic N) is 1. The van der Waals surface area contributed by atoms with Crippen LogP contribution in [0.4, 0.5) is 17.2 Å². The number of aromatic carboxylic acids is 1. The molecule has 19 heavy (non-hydrogen) atoms. The van der Waals surface area contributed by atoms with Crippen LogP contribution in [0.2, 0.25) is 0 Å². The molecule has 0 amide bonds. The Bertz CT molecular complexity index is 639. The molecule has 0 aliphatic rings. The van der Waals surface area contributed by atoms with Gasteiger partial charge in [0.15, 0.2) is 5.82 Å². The van der Waals surface area contributed by atoms with Crippen molar-refractivity contribution in [2.75, 3.05) is 11.1 Å². The van der Waals surface area contributed by atoms with Crippen LogP contribution in [0.5, 0.6) is 0 Å². The average Bonchev–Trinajstić information content (AvgIpc) is 2.34. The van der Waals surface area contributed by atoms with Gasteiger partial charge in [0.25, 0.3) is 0 Å². The van der Waals surface area contributed by atoms with E-state index in [4.69, 9.17) is 10.8 Å². The number of hydrogen-bond acceptors (Lipinski definition) is 4. The zero-order valence-electron chi connectivity index (χ0n) is 10.8. The molecule has 2 aromatic rings. The molecule has 0 bridgehead atoms. The van der Waals surface area contributed by atoms with Crippen molar-refractivity contribution in [2.45, 2.75) is 13.8 Å². The molecule has 0 spiro atoms. The number of carboxylic acids is 1. The summed E-state index contributed by atoms with van der Waals surface area (Å²) in [7, 11) is 0. The van der Waals surface area contributed by atoms with Crippen molar-refractivity contribution in [3.05, 3.63) is 47.2 Å². The normalized spacial score (nSPS) is 10.2. The molecule has 0 unspecified atom stereocenters. The maximum atomic E-state index is 10.8. The quantitative estimate of drug-likeness (QED) is 0.786. The van der Waals surface area contributed by atoms with Crippen molar-refractivity contribution in [1.29, 1.82) is 0 Å². The number of nitrogens with two attached hydrogens (primary N) is 1. The van der Waals surface area contributed by atoms with E-state index in [2.05, 4.69) is 10.3 Å². The average molecular weight is 257 g/mol. The molecule has 0 fully saturated rings. The number of carboxylic acid groups (broad SMARTS) is 1. The molecule has 1 aromatic carbocycles. The van der Waals surface area contributed by atoms with E-state index in [-0.39, 0.29) is 5.56 Å². The first-order chi connectivity index (χ1) is 8.97. The molecule has 0 saturated heterocycles. The minimum atomic E-state index is -1.04. The lowest BCUT2D eigenvalue weighted by Gasteiger charge is -2.11. The summed E-state index contributed by atoms with van der Waals surface area (Å²) in [6, 6.07) is 7.36. The number of benzene rings is 1. The highest BCUT2D eigenvalue weighted by atomic mass is 16.4. The maximum Gasteiger partial charge on any atom is 0.337 e. The monoisotopic (exact) mass is 257 g/mol. The standard InChI is InChI=1S/C14H15N3O2/c1-8-3-4-12(9(2)5-8)17-13-11(15)6-10(7-16-13)14(18)19/h3-7H,15H2,1-2H3,(H,16,17)(H,18,19). The van der Waals surface area contributed by atoms with Crippen LogP contribution in [0, 0.1) is 13.8 Å². The summed E-state index contributed by atoms with van der Waals surface area (Å²) in [4.78, 5) is 14.8. The first-order valence-corrected chi connectivity index (χ1v) is 5.80. The first-order valence-electron chi connectivity index (χ1n) is 5.80. The summed E-state index contributed by atoms with van der Waals surface area (Å²) in [5.41, 5.74) is 9.32. The van der Waals surface area contributed by atoms with Crippen LogP contribution in [0.3, 0.4) is 0 Å². The minimum Gasteiger partial charge on any atom is -0.478 e. The minimum absolute atomic E-state index is 0.0729. The Labute approximate surface area is 111 Å². The van der Waals surface area contributed by atoms with Crippen LogP contribution < -0.4 is 11.1 Å². The molecular weight excluding hydrogens is 242 g/mol. The molecule has 98 valence electrons. The molecular formula is C14H15N3O2. The highest BCUT2D eigenvalue weighted by Gasteiger charge is 2.08. The van der Waals surface area contributed by atoms with E-state index in [0.29, 0.717) is 11.5 Å². The Morgan fingerprint density at radius 2 is 2.05 bits per heavy atom. The highest BCUT2D eigenvalue weighted by molar-refractivity contribution is 5.89. The lowest BCUT2D eigenvalue weighted by molar-refractivity contribution is 0.0696. The third-order valence-electron chi connectivity index (χ3n) is 2.80. The van der Waals surface area contributed by atoms with Gasteiger partial charge in [-0.1, -0.05) is 17.7 Å². The van der Waals surface area contributed by atoms with Gasteiger partial charge < -0.3 is 16.2 Å². The van der Waals surface area contributed by atoms with E-state index in [1.165, 1.54) is 17.8 Å². The Hall–Kier alpha value is -2.56. The van der Waals surface area contributed by atoms with E-state index >= 15 is 0 Å². The van der Waals surface area contributed by atoms with Crippen LogP contribution in [0.1, 0.15) is 21.5 Å². The van der Waals surface area contributed by atoms with Crippen molar-refractivity contribution >= 4 is 23.2 Å². The molecule has 2 rings (SSSR count). The largest absolute Gasteiger partial charge is 0.478 e. The Morgan fingerprint density at radius 3 is 2.63 bits per heavy atom. The van der Waals surface area contributed by atoms with Crippen LogP contribution in [0.25, 0.3) is 0 Å². The number of nitrogen functional groups attached to an aromatic ring is 1. The Morgan fingerprint density at radius 1 is 1.32 bits per heavy atom. The molecule has 0 atom stereocenters. The molecule has 1 heterocycles. The summed E-state index contributed by atoms with van der Waals surface area (Å²) in [6.07, 6.45) is 1.28. The molecule has 0 saturated carbocycles. The van der Waals surface area contributed by atoms with Gasteiger partial charge in [-0.25, -0.2) is 9.78 Å². The molecule has 1 aromatic heterocycles. The van der Waals surface area contributed by atoms with Gasteiger partial charge in [0.05, 0.1) is 11.3 Å². The van der Waals surface area contributed by atoms with E-state index in [9.17, 15) is 4.79 Å². The van der Waals surface area contributed by atoms with Gasteiger partial charge in [-0.05, 0) is 31.5 Å². The molecule has 5 nitrogen and oxygen atoms in total. The second-order valence-corrected chi connectivity index (χ2v) is 4.41. The zero-order valence-corrected chi connectivity index (χ0v) is 10.8. The predicted molar refractivity (Wildman–Crippen MR) is 74.8 cm³/mol. The van der Waals surface area contributed by atoms with Crippen LogP contribution in [-0.2, 0) is 0 Å². The van der Waals surface area contributed by atoms with Gasteiger partial charge in [-0.15, -0.1) is 0 Å². The number of anilines is 3. The summed E-state index contributed by atoms with van der Waals surface area (Å²) in [5.74, 6) is -0.589. The first kappa shape index (κ1) is 12.9. The zero-order chi connectivity index (χ0) is 14.0. The fourth-order valence-corrected chi connectivity index (χ4v) is 1.78. The Balaban J connectivity index is 2.31. The number of aryl methyl sites for hydroxylation is 2. The molecule has 0 aliphatic carbocycles. The van der Waals surface area contributed by atoms with Gasteiger partial charge in [0.2, 0.25) is 0 Å². The van der Waals surface area contributed by atoms with Crippen molar-refractivity contribution in [3.8, 4) is 0 Å². The van der Waals surface area contributed by atoms with Gasteiger partial charge >= 0.3 is 5.97 Å². The van der Waals surface area contributed by atoms with Gasteiger partial charge in [0, 0.05) is 11.9 Å². The maximum absolute atomic E-state index is 10.8. The molecule has 5 heteroatoms. The third kappa shape index (κ3) is 2.82. The van der Waals surface area contributed by atoms with Crippen LogP contribution in [0.15, 0.2) is 30.5 Å². The van der Waals surface area contributed by atoms with Gasteiger partial charge in [-0.3, -0.25) is 0 Å². The smallest absolute Gasteiger partial charge is 0.337 e. The Kier molecular flexibility index (Phi) is 3.37. The third-order valence-corrected chi connectivity index (χ3v) is 2.80. The molecule has 0 radical (unpaired) electrons. The van der Waals surface area contributed by atoms with E-state index in [1.54, 1.807) is 0 Å². The predicted octanol–water partition coefficient (Wildman–Crippen LogP) is 2.72. The fraction of sp³-hybridized carbons (Fsp3) is 0.143. The molecule has 4 N–H and O–H groups in total. The lowest BCUT2D eigenvalue weighted by atomic mass is 10.1. The van der Waals surface area contributed by atoms with Crippen LogP contribution >= 0.6 is 0 Å². The fourth-order valence-electron chi connectivity index (χ4n) is 1.78. The SMILES string of the molecule is Cc1ccc(Nc2ncc(C(=O)O)cc2N)c(C)c1.